The van der Waals surface area contributed by atoms with E-state index in [1.165, 1.54) is 0 Å². The minimum absolute atomic E-state index is 0.186. The normalized spacial score (nSPS) is 14.7. The van der Waals surface area contributed by atoms with E-state index >= 15 is 0 Å². The summed E-state index contributed by atoms with van der Waals surface area (Å²) in [5.74, 6) is 0.145. The van der Waals surface area contributed by atoms with E-state index < -0.39 is 0 Å². The minimum atomic E-state index is -0.186. The van der Waals surface area contributed by atoms with Crippen LogP contribution in [-0.2, 0) is 0 Å². The van der Waals surface area contributed by atoms with Crippen LogP contribution in [0.2, 0.25) is 5.02 Å². The standard InChI is InChI=1S/C16H21ClN4O2/c1-9-11-12(15(22)18-7-4-8-21(2)3)13(17)14(10-5-6-10)19-16(11)23-20-9/h10H,4-8H2,1-3H3,(H,18,22). The first-order valence-corrected chi connectivity index (χ1v) is 8.25. The van der Waals surface area contributed by atoms with E-state index in [9.17, 15) is 4.79 Å². The molecule has 0 aliphatic heterocycles. The van der Waals surface area contributed by atoms with Crippen molar-refractivity contribution >= 4 is 28.6 Å². The van der Waals surface area contributed by atoms with Gasteiger partial charge in [-0.15, -0.1) is 0 Å². The molecular formula is C16H21ClN4O2. The van der Waals surface area contributed by atoms with Gasteiger partial charge in [0.1, 0.15) is 0 Å². The second-order valence-electron chi connectivity index (χ2n) is 6.32. The van der Waals surface area contributed by atoms with E-state index in [1.807, 2.05) is 14.1 Å². The fourth-order valence-corrected chi connectivity index (χ4v) is 3.02. The van der Waals surface area contributed by atoms with Gasteiger partial charge in [0.05, 0.1) is 27.4 Å². The van der Waals surface area contributed by atoms with Crippen LogP contribution in [0, 0.1) is 6.92 Å². The molecule has 2 aromatic rings. The summed E-state index contributed by atoms with van der Waals surface area (Å²) >= 11 is 6.51. The third-order valence-electron chi connectivity index (χ3n) is 4.02. The third kappa shape index (κ3) is 3.33. The molecule has 1 aliphatic rings. The summed E-state index contributed by atoms with van der Waals surface area (Å²) in [5.41, 5.74) is 2.23. The first-order valence-electron chi connectivity index (χ1n) is 7.87. The van der Waals surface area contributed by atoms with Crippen molar-refractivity contribution in [2.75, 3.05) is 27.2 Å². The molecule has 0 radical (unpaired) electrons. The SMILES string of the molecule is Cc1noc2nc(C3CC3)c(Cl)c(C(=O)NCCCN(C)C)c12. The number of aryl methyl sites for hydroxylation is 1. The molecule has 0 atom stereocenters. The van der Waals surface area contributed by atoms with Gasteiger partial charge in [0.2, 0.25) is 0 Å². The molecule has 1 amide bonds. The monoisotopic (exact) mass is 336 g/mol. The smallest absolute Gasteiger partial charge is 0.259 e. The molecule has 0 unspecified atom stereocenters. The van der Waals surface area contributed by atoms with Crippen molar-refractivity contribution in [2.45, 2.75) is 32.1 Å². The topological polar surface area (TPSA) is 71.3 Å². The molecular weight excluding hydrogens is 316 g/mol. The number of halogens is 1. The predicted molar refractivity (Wildman–Crippen MR) is 89.0 cm³/mol. The minimum Gasteiger partial charge on any atom is -0.352 e. The highest BCUT2D eigenvalue weighted by atomic mass is 35.5. The zero-order valence-electron chi connectivity index (χ0n) is 13.6. The number of amides is 1. The van der Waals surface area contributed by atoms with Crippen LogP contribution >= 0.6 is 11.6 Å². The van der Waals surface area contributed by atoms with Crippen LogP contribution in [-0.4, -0.2) is 48.1 Å². The van der Waals surface area contributed by atoms with Crippen molar-refractivity contribution in [3.63, 3.8) is 0 Å². The quantitative estimate of drug-likeness (QED) is 0.821. The molecule has 23 heavy (non-hydrogen) atoms. The lowest BCUT2D eigenvalue weighted by Gasteiger charge is -2.12. The van der Waals surface area contributed by atoms with Crippen LogP contribution < -0.4 is 5.32 Å². The highest BCUT2D eigenvalue weighted by Gasteiger charge is 2.32. The Hall–Kier alpha value is -1.66. The molecule has 1 aliphatic carbocycles. The number of hydrogen-bond donors (Lipinski definition) is 1. The van der Waals surface area contributed by atoms with Gasteiger partial charge in [0, 0.05) is 12.5 Å². The van der Waals surface area contributed by atoms with Crippen molar-refractivity contribution in [1.82, 2.24) is 20.4 Å². The molecule has 0 spiro atoms. The number of pyridine rings is 1. The average Bonchev–Trinajstić information content (AvgIpc) is 3.28. The predicted octanol–water partition coefficient (Wildman–Crippen LogP) is 2.74. The second kappa shape index (κ2) is 6.45. The van der Waals surface area contributed by atoms with Gasteiger partial charge >= 0.3 is 0 Å². The lowest BCUT2D eigenvalue weighted by molar-refractivity contribution is 0.0954. The fraction of sp³-hybridized carbons (Fsp3) is 0.562. The Morgan fingerprint density at radius 3 is 2.83 bits per heavy atom. The van der Waals surface area contributed by atoms with E-state index in [0.29, 0.717) is 39.8 Å². The Morgan fingerprint density at radius 2 is 2.17 bits per heavy atom. The molecule has 3 rings (SSSR count). The summed E-state index contributed by atoms with van der Waals surface area (Å²) in [5, 5.41) is 7.94. The number of carbonyl (C=O) groups excluding carboxylic acids is 1. The van der Waals surface area contributed by atoms with Gasteiger partial charge in [-0.05, 0) is 46.8 Å². The average molecular weight is 337 g/mol. The highest BCUT2D eigenvalue weighted by molar-refractivity contribution is 6.36. The summed E-state index contributed by atoms with van der Waals surface area (Å²) in [6.45, 7) is 3.31. The third-order valence-corrected chi connectivity index (χ3v) is 4.40. The first-order chi connectivity index (χ1) is 11.0. The van der Waals surface area contributed by atoms with Crippen molar-refractivity contribution in [3.05, 3.63) is 22.0 Å². The maximum absolute atomic E-state index is 12.7. The number of nitrogens with zero attached hydrogens (tertiary/aromatic N) is 3. The Bertz CT molecular complexity index is 737. The van der Waals surface area contributed by atoms with Gasteiger partial charge in [-0.2, -0.15) is 0 Å². The van der Waals surface area contributed by atoms with Gasteiger partial charge < -0.3 is 14.7 Å². The van der Waals surface area contributed by atoms with Crippen LogP contribution in [0.25, 0.3) is 11.1 Å². The molecule has 6 nitrogen and oxygen atoms in total. The summed E-state index contributed by atoms with van der Waals surface area (Å²) < 4.78 is 5.26. The lowest BCUT2D eigenvalue weighted by Crippen LogP contribution is -2.27. The molecule has 0 bridgehead atoms. The van der Waals surface area contributed by atoms with Crippen molar-refractivity contribution in [1.29, 1.82) is 0 Å². The van der Waals surface area contributed by atoms with Gasteiger partial charge in [0.25, 0.3) is 11.6 Å². The number of rotatable bonds is 6. The van der Waals surface area contributed by atoms with Crippen LogP contribution in [0.4, 0.5) is 0 Å². The van der Waals surface area contributed by atoms with Crippen LogP contribution in [0.1, 0.15) is 46.9 Å². The Balaban J connectivity index is 1.90. The van der Waals surface area contributed by atoms with E-state index in [2.05, 4.69) is 20.4 Å². The van der Waals surface area contributed by atoms with E-state index in [0.717, 1.165) is 31.5 Å². The maximum Gasteiger partial charge on any atom is 0.259 e. The molecule has 1 fully saturated rings. The van der Waals surface area contributed by atoms with Crippen molar-refractivity contribution in [2.24, 2.45) is 0 Å². The summed E-state index contributed by atoms with van der Waals surface area (Å²) in [6, 6.07) is 0. The number of nitrogens with one attached hydrogen (secondary N) is 1. The maximum atomic E-state index is 12.7. The van der Waals surface area contributed by atoms with Gasteiger partial charge in [-0.3, -0.25) is 4.79 Å². The molecule has 124 valence electrons. The molecule has 7 heteroatoms. The van der Waals surface area contributed by atoms with Gasteiger partial charge in [-0.25, -0.2) is 4.98 Å². The van der Waals surface area contributed by atoms with Gasteiger partial charge in [-0.1, -0.05) is 16.8 Å². The summed E-state index contributed by atoms with van der Waals surface area (Å²) in [7, 11) is 4.01. The molecule has 0 saturated heterocycles. The summed E-state index contributed by atoms with van der Waals surface area (Å²) in [4.78, 5) is 19.2. The molecule has 1 saturated carbocycles. The largest absolute Gasteiger partial charge is 0.352 e. The fourth-order valence-electron chi connectivity index (χ4n) is 2.64. The lowest BCUT2D eigenvalue weighted by atomic mass is 10.1. The first kappa shape index (κ1) is 16.2. The molecule has 0 aromatic carbocycles. The Kier molecular flexibility index (Phi) is 4.55. The van der Waals surface area contributed by atoms with Gasteiger partial charge in [0.15, 0.2) is 0 Å². The number of fused-ring (bicyclic) bond motifs is 1. The van der Waals surface area contributed by atoms with Crippen LogP contribution in [0.3, 0.4) is 0 Å². The highest BCUT2D eigenvalue weighted by Crippen LogP contribution is 2.44. The zero-order chi connectivity index (χ0) is 16.6. The zero-order valence-corrected chi connectivity index (χ0v) is 14.4. The number of carbonyl (C=O) groups is 1. The molecule has 2 aromatic heterocycles. The second-order valence-corrected chi connectivity index (χ2v) is 6.70. The molecule has 2 heterocycles. The van der Waals surface area contributed by atoms with Crippen molar-refractivity contribution in [3.8, 4) is 0 Å². The summed E-state index contributed by atoms with van der Waals surface area (Å²) in [6.07, 6.45) is 2.98. The van der Waals surface area contributed by atoms with Crippen LogP contribution in [0.15, 0.2) is 4.52 Å². The Morgan fingerprint density at radius 1 is 1.43 bits per heavy atom. The number of aromatic nitrogens is 2. The van der Waals surface area contributed by atoms with Crippen molar-refractivity contribution < 1.29 is 9.32 Å². The van der Waals surface area contributed by atoms with Crippen LogP contribution in [0.5, 0.6) is 0 Å². The van der Waals surface area contributed by atoms with E-state index in [4.69, 9.17) is 16.1 Å². The van der Waals surface area contributed by atoms with E-state index in [1.54, 1.807) is 6.92 Å². The molecule has 1 N–H and O–H groups in total. The number of hydrogen-bond acceptors (Lipinski definition) is 5. The Labute approximate surface area is 140 Å². The van der Waals surface area contributed by atoms with E-state index in [-0.39, 0.29) is 5.91 Å².